The molecular formula is C16H20FNO2. The summed E-state index contributed by atoms with van der Waals surface area (Å²) < 4.78 is 17.6. The molecule has 0 spiro atoms. The lowest BCUT2D eigenvalue weighted by atomic mass is 10.2. The van der Waals surface area contributed by atoms with E-state index in [0.717, 1.165) is 19.3 Å². The molecule has 1 rings (SSSR count). The van der Waals surface area contributed by atoms with Gasteiger partial charge < -0.3 is 10.1 Å². The molecule has 20 heavy (non-hydrogen) atoms. The molecule has 0 aromatic heterocycles. The van der Waals surface area contributed by atoms with E-state index in [1.165, 1.54) is 24.3 Å². The Morgan fingerprint density at radius 1 is 1.15 bits per heavy atom. The van der Waals surface area contributed by atoms with Crippen molar-refractivity contribution in [1.29, 1.82) is 0 Å². The molecule has 1 aromatic rings. The zero-order valence-electron chi connectivity index (χ0n) is 11.6. The van der Waals surface area contributed by atoms with E-state index >= 15 is 0 Å². The summed E-state index contributed by atoms with van der Waals surface area (Å²) in [6, 6.07) is 5.30. The van der Waals surface area contributed by atoms with Gasteiger partial charge in [0.1, 0.15) is 11.6 Å². The molecule has 0 radical (unpaired) electrons. The second-order valence-electron chi connectivity index (χ2n) is 4.15. The summed E-state index contributed by atoms with van der Waals surface area (Å²) in [4.78, 5) is 11.4. The van der Waals surface area contributed by atoms with E-state index in [4.69, 9.17) is 4.74 Å². The number of ether oxygens (including phenoxy) is 1. The van der Waals surface area contributed by atoms with Crippen LogP contribution in [0, 0.1) is 5.82 Å². The number of nitrogens with one attached hydrogen (secondary N) is 1. The SMILES string of the molecule is CC/C=C\CC/C=C/CNC(=O)Oc1ccc(F)cc1. The minimum Gasteiger partial charge on any atom is -0.410 e. The smallest absolute Gasteiger partial charge is 0.410 e. The number of carbonyl (C=O) groups is 1. The molecule has 0 saturated heterocycles. The summed E-state index contributed by atoms with van der Waals surface area (Å²) in [5.41, 5.74) is 0. The lowest BCUT2D eigenvalue weighted by Gasteiger charge is -2.04. The molecule has 0 bridgehead atoms. The van der Waals surface area contributed by atoms with Crippen LogP contribution in [0.5, 0.6) is 5.75 Å². The zero-order valence-corrected chi connectivity index (χ0v) is 11.6. The highest BCUT2D eigenvalue weighted by Crippen LogP contribution is 2.10. The van der Waals surface area contributed by atoms with Crippen molar-refractivity contribution in [2.45, 2.75) is 26.2 Å². The Morgan fingerprint density at radius 3 is 2.45 bits per heavy atom. The number of halogens is 1. The number of benzene rings is 1. The molecule has 1 amide bonds. The van der Waals surface area contributed by atoms with Crippen LogP contribution in [-0.2, 0) is 0 Å². The number of carbonyl (C=O) groups excluding carboxylic acids is 1. The summed E-state index contributed by atoms with van der Waals surface area (Å²) in [5.74, 6) is -0.0459. The number of rotatable bonds is 7. The average Bonchev–Trinajstić information content (AvgIpc) is 2.44. The zero-order chi connectivity index (χ0) is 14.6. The van der Waals surface area contributed by atoms with Crippen LogP contribution in [0.2, 0.25) is 0 Å². The quantitative estimate of drug-likeness (QED) is 0.598. The van der Waals surface area contributed by atoms with Gasteiger partial charge in [0, 0.05) is 6.54 Å². The summed E-state index contributed by atoms with van der Waals surface area (Å²) >= 11 is 0. The summed E-state index contributed by atoms with van der Waals surface area (Å²) in [7, 11) is 0. The molecule has 0 aliphatic rings. The Bertz CT molecular complexity index is 452. The highest BCUT2D eigenvalue weighted by Gasteiger charge is 2.02. The van der Waals surface area contributed by atoms with Crippen molar-refractivity contribution in [3.8, 4) is 5.75 Å². The van der Waals surface area contributed by atoms with Crippen LogP contribution in [0.4, 0.5) is 9.18 Å². The Labute approximate surface area is 119 Å². The first-order chi connectivity index (χ1) is 9.72. The van der Waals surface area contributed by atoms with Gasteiger partial charge in [-0.1, -0.05) is 31.2 Å². The number of allylic oxidation sites excluding steroid dienone is 3. The van der Waals surface area contributed by atoms with Crippen molar-refractivity contribution < 1.29 is 13.9 Å². The number of hydrogen-bond donors (Lipinski definition) is 1. The van der Waals surface area contributed by atoms with Gasteiger partial charge in [-0.2, -0.15) is 0 Å². The molecule has 1 aromatic carbocycles. The maximum absolute atomic E-state index is 12.7. The van der Waals surface area contributed by atoms with E-state index in [2.05, 4.69) is 24.4 Å². The predicted molar refractivity (Wildman–Crippen MR) is 78.2 cm³/mol. The third-order valence-corrected chi connectivity index (χ3v) is 2.46. The fourth-order valence-electron chi connectivity index (χ4n) is 1.47. The van der Waals surface area contributed by atoms with Gasteiger partial charge in [-0.3, -0.25) is 0 Å². The largest absolute Gasteiger partial charge is 0.412 e. The predicted octanol–water partition coefficient (Wildman–Crippen LogP) is 4.22. The first-order valence-corrected chi connectivity index (χ1v) is 6.73. The maximum Gasteiger partial charge on any atom is 0.412 e. The van der Waals surface area contributed by atoms with Crippen LogP contribution in [-0.4, -0.2) is 12.6 Å². The van der Waals surface area contributed by atoms with Gasteiger partial charge >= 0.3 is 6.09 Å². The van der Waals surface area contributed by atoms with Gasteiger partial charge in [0.15, 0.2) is 0 Å². The van der Waals surface area contributed by atoms with Crippen molar-refractivity contribution in [3.05, 3.63) is 54.4 Å². The lowest BCUT2D eigenvalue weighted by molar-refractivity contribution is 0.201. The molecule has 0 aliphatic carbocycles. The third-order valence-electron chi connectivity index (χ3n) is 2.46. The number of amides is 1. The molecule has 0 aliphatic heterocycles. The van der Waals surface area contributed by atoms with Crippen molar-refractivity contribution in [1.82, 2.24) is 5.32 Å². The standard InChI is InChI=1S/C16H20FNO2/c1-2-3-4-5-6-7-8-13-18-16(19)20-15-11-9-14(17)10-12-15/h3-4,7-12H,2,5-6,13H2,1H3,(H,18,19)/b4-3-,8-7+. The van der Waals surface area contributed by atoms with E-state index in [0.29, 0.717) is 12.3 Å². The van der Waals surface area contributed by atoms with E-state index in [-0.39, 0.29) is 5.82 Å². The van der Waals surface area contributed by atoms with Gasteiger partial charge in [0.2, 0.25) is 0 Å². The van der Waals surface area contributed by atoms with E-state index in [1.807, 2.05) is 12.2 Å². The maximum atomic E-state index is 12.7. The Balaban J connectivity index is 2.15. The van der Waals surface area contributed by atoms with Gasteiger partial charge in [0.25, 0.3) is 0 Å². The number of hydrogen-bond acceptors (Lipinski definition) is 2. The molecule has 0 unspecified atom stereocenters. The van der Waals surface area contributed by atoms with Crippen LogP contribution in [0.15, 0.2) is 48.6 Å². The van der Waals surface area contributed by atoms with Gasteiger partial charge in [-0.05, 0) is 43.5 Å². The van der Waals surface area contributed by atoms with E-state index in [1.54, 1.807) is 0 Å². The molecule has 0 heterocycles. The van der Waals surface area contributed by atoms with Gasteiger partial charge in [-0.25, -0.2) is 9.18 Å². The summed E-state index contributed by atoms with van der Waals surface area (Å²) in [6.45, 7) is 2.51. The fourth-order valence-corrected chi connectivity index (χ4v) is 1.47. The molecule has 1 N–H and O–H groups in total. The minimum absolute atomic E-state index is 0.317. The Morgan fingerprint density at radius 2 is 1.80 bits per heavy atom. The van der Waals surface area contributed by atoms with Crippen LogP contribution in [0.1, 0.15) is 26.2 Å². The monoisotopic (exact) mass is 277 g/mol. The topological polar surface area (TPSA) is 38.3 Å². The van der Waals surface area contributed by atoms with Crippen LogP contribution < -0.4 is 10.1 Å². The van der Waals surface area contributed by atoms with Crippen LogP contribution in [0.25, 0.3) is 0 Å². The molecule has 0 fully saturated rings. The summed E-state index contributed by atoms with van der Waals surface area (Å²) in [5, 5.41) is 2.59. The molecule has 0 saturated carbocycles. The molecular weight excluding hydrogens is 257 g/mol. The molecule has 108 valence electrons. The average molecular weight is 277 g/mol. The van der Waals surface area contributed by atoms with Gasteiger partial charge in [0.05, 0.1) is 0 Å². The molecule has 4 heteroatoms. The van der Waals surface area contributed by atoms with Gasteiger partial charge in [-0.15, -0.1) is 0 Å². The lowest BCUT2D eigenvalue weighted by Crippen LogP contribution is -2.26. The summed E-state index contributed by atoms with van der Waals surface area (Å²) in [6.07, 6.45) is 10.6. The highest BCUT2D eigenvalue weighted by molar-refractivity contribution is 5.70. The van der Waals surface area contributed by atoms with Crippen LogP contribution >= 0.6 is 0 Å². The van der Waals surface area contributed by atoms with E-state index < -0.39 is 6.09 Å². The Hall–Kier alpha value is -2.10. The molecule has 0 atom stereocenters. The van der Waals surface area contributed by atoms with E-state index in [9.17, 15) is 9.18 Å². The van der Waals surface area contributed by atoms with Crippen molar-refractivity contribution in [2.75, 3.05) is 6.54 Å². The minimum atomic E-state index is -0.549. The van der Waals surface area contributed by atoms with Crippen LogP contribution in [0.3, 0.4) is 0 Å². The number of unbranched alkanes of at least 4 members (excludes halogenated alkanes) is 1. The highest BCUT2D eigenvalue weighted by atomic mass is 19.1. The first-order valence-electron chi connectivity index (χ1n) is 6.73. The second kappa shape index (κ2) is 9.78. The molecule has 3 nitrogen and oxygen atoms in total. The van der Waals surface area contributed by atoms with Crippen molar-refractivity contribution >= 4 is 6.09 Å². The first kappa shape index (κ1) is 16.0. The van der Waals surface area contributed by atoms with Crippen molar-refractivity contribution in [2.24, 2.45) is 0 Å². The normalized spacial score (nSPS) is 11.1. The fraction of sp³-hybridized carbons (Fsp3) is 0.312. The Kier molecular flexibility index (Phi) is 7.80. The second-order valence-corrected chi connectivity index (χ2v) is 4.15. The third kappa shape index (κ3) is 7.36. The van der Waals surface area contributed by atoms with Crippen molar-refractivity contribution in [3.63, 3.8) is 0 Å².